The molecule has 21 heavy (non-hydrogen) atoms. The van der Waals surface area contributed by atoms with Crippen LogP contribution in [-0.4, -0.2) is 29.1 Å². The molecular weight excluding hydrogens is 266 g/mol. The largest absolute Gasteiger partial charge is 0.464 e. The summed E-state index contributed by atoms with van der Waals surface area (Å²) < 4.78 is 4.70. The van der Waals surface area contributed by atoms with Crippen LogP contribution >= 0.6 is 0 Å². The van der Waals surface area contributed by atoms with E-state index >= 15 is 0 Å². The topological polar surface area (TPSA) is 64.1 Å². The Morgan fingerprint density at radius 3 is 2.76 bits per heavy atom. The first-order chi connectivity index (χ1) is 9.87. The van der Waals surface area contributed by atoms with E-state index < -0.39 is 5.97 Å². The number of anilines is 1. The molecule has 3 rings (SSSR count). The summed E-state index contributed by atoms with van der Waals surface area (Å²) in [6.45, 7) is 7.02. The van der Waals surface area contributed by atoms with Gasteiger partial charge >= 0.3 is 5.97 Å². The average molecular weight is 289 g/mol. The maximum absolute atomic E-state index is 11.6. The zero-order valence-electron chi connectivity index (χ0n) is 13.1. The molecule has 1 aromatic heterocycles. The van der Waals surface area contributed by atoms with Crippen molar-refractivity contribution in [3.63, 3.8) is 0 Å². The van der Waals surface area contributed by atoms with Crippen LogP contribution in [0.15, 0.2) is 12.4 Å². The van der Waals surface area contributed by atoms with Gasteiger partial charge in [0.25, 0.3) is 0 Å². The summed E-state index contributed by atoms with van der Waals surface area (Å²) in [4.78, 5) is 20.0. The second-order valence-electron chi connectivity index (χ2n) is 7.27. The van der Waals surface area contributed by atoms with Gasteiger partial charge in [-0.3, -0.25) is 4.98 Å². The highest BCUT2D eigenvalue weighted by Crippen LogP contribution is 2.62. The van der Waals surface area contributed by atoms with E-state index in [2.05, 4.69) is 36.1 Å². The Bertz CT molecular complexity index is 568. The zero-order chi connectivity index (χ0) is 15.3. The monoisotopic (exact) mass is 289 g/mol. The Kier molecular flexibility index (Phi) is 3.19. The zero-order valence-corrected chi connectivity index (χ0v) is 13.1. The third-order valence-electron chi connectivity index (χ3n) is 5.59. The van der Waals surface area contributed by atoms with Crippen molar-refractivity contribution in [2.24, 2.45) is 16.7 Å². The van der Waals surface area contributed by atoms with Crippen LogP contribution in [0.3, 0.4) is 0 Å². The highest BCUT2D eigenvalue weighted by Gasteiger charge is 2.59. The Balaban J connectivity index is 1.85. The van der Waals surface area contributed by atoms with E-state index in [-0.39, 0.29) is 11.1 Å². The van der Waals surface area contributed by atoms with Crippen molar-refractivity contribution >= 4 is 11.8 Å². The van der Waals surface area contributed by atoms with Crippen molar-refractivity contribution in [1.82, 2.24) is 9.97 Å². The summed E-state index contributed by atoms with van der Waals surface area (Å²) in [5.74, 6) is 0.964. The van der Waals surface area contributed by atoms with Gasteiger partial charge in [-0.15, -0.1) is 0 Å². The lowest BCUT2D eigenvalue weighted by atomic mass is 9.68. The Hall–Kier alpha value is -1.65. The van der Waals surface area contributed by atoms with Gasteiger partial charge in [0.05, 0.1) is 19.5 Å². The minimum Gasteiger partial charge on any atom is -0.464 e. The van der Waals surface area contributed by atoms with Crippen LogP contribution in [0.1, 0.15) is 50.5 Å². The number of hydrogen-bond acceptors (Lipinski definition) is 5. The van der Waals surface area contributed by atoms with E-state index in [0.717, 1.165) is 5.92 Å². The fraction of sp³-hybridized carbons (Fsp3) is 0.688. The van der Waals surface area contributed by atoms with Gasteiger partial charge in [-0.25, -0.2) is 9.78 Å². The minimum atomic E-state index is -0.454. The molecule has 114 valence electrons. The number of hydrogen-bond donors (Lipinski definition) is 1. The number of nitrogens with one attached hydrogen (secondary N) is 1. The first-order valence-electron chi connectivity index (χ1n) is 7.54. The molecule has 3 unspecified atom stereocenters. The van der Waals surface area contributed by atoms with Crippen molar-refractivity contribution in [3.8, 4) is 0 Å². The number of fused-ring (bicyclic) bond motifs is 2. The first-order valence-corrected chi connectivity index (χ1v) is 7.54. The van der Waals surface area contributed by atoms with Gasteiger partial charge in [0, 0.05) is 6.04 Å². The van der Waals surface area contributed by atoms with Crippen LogP contribution in [0.2, 0.25) is 0 Å². The molecule has 1 heterocycles. The summed E-state index contributed by atoms with van der Waals surface area (Å²) in [7, 11) is 1.35. The third-order valence-corrected chi connectivity index (χ3v) is 5.59. The van der Waals surface area contributed by atoms with E-state index in [1.807, 2.05) is 0 Å². The van der Waals surface area contributed by atoms with Crippen LogP contribution in [0.5, 0.6) is 0 Å². The van der Waals surface area contributed by atoms with Crippen molar-refractivity contribution < 1.29 is 9.53 Å². The van der Waals surface area contributed by atoms with Gasteiger partial charge in [-0.1, -0.05) is 20.8 Å². The quantitative estimate of drug-likeness (QED) is 0.867. The molecule has 5 nitrogen and oxygen atoms in total. The maximum atomic E-state index is 11.6. The SMILES string of the molecule is COC(=O)c1cncc(NC2C3(C)CCC(C3)C2(C)C)n1. The molecular formula is C16H23N3O2. The first kappa shape index (κ1) is 14.3. The normalized spacial score (nSPS) is 33.0. The molecule has 3 atom stereocenters. The number of carbonyl (C=O) groups is 1. The number of rotatable bonds is 3. The molecule has 5 heteroatoms. The second-order valence-corrected chi connectivity index (χ2v) is 7.27. The Labute approximate surface area is 125 Å². The fourth-order valence-electron chi connectivity index (χ4n) is 4.45. The lowest BCUT2D eigenvalue weighted by Crippen LogP contribution is -2.46. The van der Waals surface area contributed by atoms with Crippen LogP contribution in [0, 0.1) is 16.7 Å². The predicted octanol–water partition coefficient (Wildman–Crippen LogP) is 2.89. The molecule has 2 aliphatic rings. The van der Waals surface area contributed by atoms with Crippen LogP contribution in [-0.2, 0) is 4.74 Å². The lowest BCUT2D eigenvalue weighted by Gasteiger charge is -2.43. The molecule has 0 aliphatic heterocycles. The van der Waals surface area contributed by atoms with E-state index in [0.29, 0.717) is 17.3 Å². The van der Waals surface area contributed by atoms with E-state index in [1.54, 1.807) is 6.20 Å². The third kappa shape index (κ3) is 2.19. The molecule has 0 radical (unpaired) electrons. The molecule has 0 spiro atoms. The predicted molar refractivity (Wildman–Crippen MR) is 80.0 cm³/mol. The minimum absolute atomic E-state index is 0.232. The molecule has 1 aromatic rings. The molecule has 2 saturated carbocycles. The van der Waals surface area contributed by atoms with E-state index in [4.69, 9.17) is 4.74 Å². The summed E-state index contributed by atoms with van der Waals surface area (Å²) >= 11 is 0. The number of nitrogens with zero attached hydrogens (tertiary/aromatic N) is 2. The van der Waals surface area contributed by atoms with Crippen molar-refractivity contribution in [2.75, 3.05) is 12.4 Å². The number of esters is 1. The molecule has 2 aliphatic carbocycles. The smallest absolute Gasteiger partial charge is 0.358 e. The molecule has 2 bridgehead atoms. The van der Waals surface area contributed by atoms with Crippen LogP contribution in [0.4, 0.5) is 5.82 Å². The number of methoxy groups -OCH3 is 1. The van der Waals surface area contributed by atoms with E-state index in [9.17, 15) is 4.79 Å². The van der Waals surface area contributed by atoms with Gasteiger partial charge < -0.3 is 10.1 Å². The van der Waals surface area contributed by atoms with Gasteiger partial charge in [0.1, 0.15) is 5.82 Å². The maximum Gasteiger partial charge on any atom is 0.358 e. The number of aromatic nitrogens is 2. The average Bonchev–Trinajstić information content (AvgIpc) is 2.94. The second kappa shape index (κ2) is 4.68. The standard InChI is InChI=1S/C16H23N3O2/c1-15(2)10-5-6-16(3,7-10)14(15)19-12-9-17-8-11(18-12)13(20)21-4/h8-10,14H,5-7H2,1-4H3,(H,18,19). The number of ether oxygens (including phenoxy) is 1. The highest BCUT2D eigenvalue weighted by molar-refractivity contribution is 5.87. The summed E-state index contributed by atoms with van der Waals surface area (Å²) in [6.07, 6.45) is 6.95. The molecule has 1 N–H and O–H groups in total. The summed E-state index contributed by atoms with van der Waals surface area (Å²) in [6, 6.07) is 0.353. The van der Waals surface area contributed by atoms with Crippen molar-refractivity contribution in [1.29, 1.82) is 0 Å². The van der Waals surface area contributed by atoms with Crippen LogP contribution in [0.25, 0.3) is 0 Å². The Morgan fingerprint density at radius 2 is 2.14 bits per heavy atom. The van der Waals surface area contributed by atoms with Crippen molar-refractivity contribution in [3.05, 3.63) is 18.1 Å². The fourth-order valence-corrected chi connectivity index (χ4v) is 4.45. The van der Waals surface area contributed by atoms with Gasteiger partial charge in [0.2, 0.25) is 0 Å². The summed E-state index contributed by atoms with van der Waals surface area (Å²) in [5.41, 5.74) is 0.779. The van der Waals surface area contributed by atoms with Gasteiger partial charge in [0.15, 0.2) is 5.69 Å². The molecule has 0 aromatic carbocycles. The van der Waals surface area contributed by atoms with Gasteiger partial charge in [-0.2, -0.15) is 0 Å². The number of carbonyl (C=O) groups excluding carboxylic acids is 1. The van der Waals surface area contributed by atoms with Crippen LogP contribution < -0.4 is 5.32 Å². The molecule has 0 saturated heterocycles. The molecule has 0 amide bonds. The van der Waals surface area contributed by atoms with Gasteiger partial charge in [-0.05, 0) is 36.0 Å². The molecule has 2 fully saturated rings. The van der Waals surface area contributed by atoms with E-state index in [1.165, 1.54) is 32.6 Å². The van der Waals surface area contributed by atoms with Crippen molar-refractivity contribution in [2.45, 2.75) is 46.1 Å². The highest BCUT2D eigenvalue weighted by atomic mass is 16.5. The Morgan fingerprint density at radius 1 is 1.38 bits per heavy atom. The summed E-state index contributed by atoms with van der Waals surface area (Å²) in [5, 5.41) is 3.54. The lowest BCUT2D eigenvalue weighted by molar-refractivity contribution is 0.0593.